The zero-order valence-corrected chi connectivity index (χ0v) is 11.3. The van der Waals surface area contributed by atoms with Gasteiger partial charge in [-0.25, -0.2) is 4.98 Å². The molecular weight excluding hydrogens is 342 g/mol. The monoisotopic (exact) mass is 352 g/mol. The zero-order valence-electron chi connectivity index (χ0n) is 8.36. The molecule has 86 valence electrons. The number of hydrogen-bond donors (Lipinski definition) is 1. The van der Waals surface area contributed by atoms with Gasteiger partial charge in [0, 0.05) is 19.2 Å². The minimum Gasteiger partial charge on any atom is -0.330 e. The van der Waals surface area contributed by atoms with Crippen molar-refractivity contribution < 1.29 is 4.79 Å². The molecule has 2 heterocycles. The number of halogens is 2. The van der Waals surface area contributed by atoms with Crippen molar-refractivity contribution in [2.24, 2.45) is 11.7 Å². The Balaban J connectivity index is 2.30. The summed E-state index contributed by atoms with van der Waals surface area (Å²) in [5, 5.41) is 0.152. The molecule has 1 aliphatic rings. The molecule has 7 heteroatoms. The molecular formula is C9H10ClIN4O. The van der Waals surface area contributed by atoms with Crippen LogP contribution < -0.4 is 10.6 Å². The first-order valence-electron chi connectivity index (χ1n) is 4.80. The fourth-order valence-corrected chi connectivity index (χ4v) is 2.35. The maximum atomic E-state index is 11.8. The molecule has 2 rings (SSSR count). The fourth-order valence-electron chi connectivity index (χ4n) is 1.67. The lowest BCUT2D eigenvalue weighted by atomic mass is 10.1. The molecule has 0 aromatic carbocycles. The number of rotatable bonds is 2. The zero-order chi connectivity index (χ0) is 11.7. The Morgan fingerprint density at radius 2 is 2.44 bits per heavy atom. The van der Waals surface area contributed by atoms with Gasteiger partial charge >= 0.3 is 0 Å². The molecule has 0 radical (unpaired) electrons. The van der Waals surface area contributed by atoms with E-state index in [1.807, 2.05) is 0 Å². The Bertz CT molecular complexity index is 428. The number of hydrogen-bond acceptors (Lipinski definition) is 4. The number of nitrogens with two attached hydrogens (primary N) is 1. The third-order valence-corrected chi connectivity index (χ3v) is 3.43. The lowest BCUT2D eigenvalue weighted by Gasteiger charge is -2.16. The Kier molecular flexibility index (Phi) is 3.60. The SMILES string of the molecule is NCC1CC(=O)N(c2nc(Cl)ncc2I)C1. The summed E-state index contributed by atoms with van der Waals surface area (Å²) in [6.45, 7) is 1.12. The smallest absolute Gasteiger partial charge is 0.228 e. The third kappa shape index (κ3) is 2.28. The number of anilines is 1. The second-order valence-electron chi connectivity index (χ2n) is 3.62. The van der Waals surface area contributed by atoms with Gasteiger partial charge in [-0.3, -0.25) is 9.69 Å². The number of carbonyl (C=O) groups excluding carboxylic acids is 1. The Labute approximate surface area is 112 Å². The normalized spacial score (nSPS) is 20.6. The molecule has 16 heavy (non-hydrogen) atoms. The van der Waals surface area contributed by atoms with Gasteiger partial charge in [-0.15, -0.1) is 0 Å². The number of aromatic nitrogens is 2. The van der Waals surface area contributed by atoms with Crippen molar-refractivity contribution in [3.05, 3.63) is 15.1 Å². The summed E-state index contributed by atoms with van der Waals surface area (Å²) < 4.78 is 0.813. The van der Waals surface area contributed by atoms with Crippen molar-refractivity contribution >= 4 is 45.9 Å². The summed E-state index contributed by atoms with van der Waals surface area (Å²) >= 11 is 7.81. The van der Waals surface area contributed by atoms with Crippen molar-refractivity contribution in [1.82, 2.24) is 9.97 Å². The Hall–Kier alpha value is -0.470. The molecule has 1 aliphatic heterocycles. The summed E-state index contributed by atoms with van der Waals surface area (Å²) in [7, 11) is 0. The van der Waals surface area contributed by atoms with Crippen molar-refractivity contribution in [3.63, 3.8) is 0 Å². The van der Waals surface area contributed by atoms with Gasteiger partial charge in [-0.05, 0) is 46.7 Å². The van der Waals surface area contributed by atoms with Crippen LogP contribution in [-0.4, -0.2) is 29.0 Å². The van der Waals surface area contributed by atoms with E-state index in [0.29, 0.717) is 25.3 Å². The average Bonchev–Trinajstić information content (AvgIpc) is 2.63. The van der Waals surface area contributed by atoms with E-state index in [0.717, 1.165) is 3.57 Å². The summed E-state index contributed by atoms with van der Waals surface area (Å²) in [5.41, 5.74) is 5.56. The van der Waals surface area contributed by atoms with Crippen LogP contribution in [0.4, 0.5) is 5.82 Å². The topological polar surface area (TPSA) is 72.1 Å². The largest absolute Gasteiger partial charge is 0.330 e. The van der Waals surface area contributed by atoms with Gasteiger partial charge in [0.1, 0.15) is 0 Å². The Morgan fingerprint density at radius 3 is 3.06 bits per heavy atom. The predicted octanol–water partition coefficient (Wildman–Crippen LogP) is 1.05. The molecule has 0 aliphatic carbocycles. The molecule has 1 fully saturated rings. The number of nitrogens with zero attached hydrogens (tertiary/aromatic N) is 3. The minimum absolute atomic E-state index is 0.0446. The van der Waals surface area contributed by atoms with Crippen molar-refractivity contribution in [2.75, 3.05) is 18.0 Å². The lowest BCUT2D eigenvalue weighted by Crippen LogP contribution is -2.27. The molecule has 2 N–H and O–H groups in total. The fraction of sp³-hybridized carbons (Fsp3) is 0.444. The number of amides is 1. The third-order valence-electron chi connectivity index (χ3n) is 2.49. The van der Waals surface area contributed by atoms with E-state index in [1.165, 1.54) is 0 Å². The van der Waals surface area contributed by atoms with Crippen LogP contribution in [0.3, 0.4) is 0 Å². The minimum atomic E-state index is 0.0446. The quantitative estimate of drug-likeness (QED) is 0.638. The molecule has 0 bridgehead atoms. The highest BCUT2D eigenvalue weighted by atomic mass is 127. The van der Waals surface area contributed by atoms with Gasteiger partial charge in [0.2, 0.25) is 11.2 Å². The summed E-state index contributed by atoms with van der Waals surface area (Å²) in [6, 6.07) is 0. The van der Waals surface area contributed by atoms with E-state index < -0.39 is 0 Å². The molecule has 5 nitrogen and oxygen atoms in total. The van der Waals surface area contributed by atoms with E-state index in [1.54, 1.807) is 11.1 Å². The molecule has 1 saturated heterocycles. The number of carbonyl (C=O) groups is 1. The molecule has 1 aromatic heterocycles. The summed E-state index contributed by atoms with van der Waals surface area (Å²) in [4.78, 5) is 21.3. The van der Waals surface area contributed by atoms with Crippen LogP contribution in [0.1, 0.15) is 6.42 Å². The first-order chi connectivity index (χ1) is 7.61. The van der Waals surface area contributed by atoms with Gasteiger partial charge in [-0.1, -0.05) is 0 Å². The summed E-state index contributed by atoms with van der Waals surface area (Å²) in [5.74, 6) is 0.835. The van der Waals surface area contributed by atoms with Gasteiger partial charge in [-0.2, -0.15) is 4.98 Å². The van der Waals surface area contributed by atoms with Crippen molar-refractivity contribution in [3.8, 4) is 0 Å². The molecule has 1 unspecified atom stereocenters. The van der Waals surface area contributed by atoms with E-state index in [2.05, 4.69) is 32.6 Å². The first-order valence-corrected chi connectivity index (χ1v) is 6.26. The molecule has 1 amide bonds. The molecule has 0 saturated carbocycles. The van der Waals surface area contributed by atoms with Gasteiger partial charge in [0.15, 0.2) is 5.82 Å². The predicted molar refractivity (Wildman–Crippen MR) is 69.3 cm³/mol. The second-order valence-corrected chi connectivity index (χ2v) is 5.12. The van der Waals surface area contributed by atoms with E-state index >= 15 is 0 Å². The van der Waals surface area contributed by atoms with Crippen LogP contribution >= 0.6 is 34.2 Å². The lowest BCUT2D eigenvalue weighted by molar-refractivity contribution is -0.117. The molecule has 1 atom stereocenters. The van der Waals surface area contributed by atoms with Gasteiger partial charge in [0.25, 0.3) is 0 Å². The van der Waals surface area contributed by atoms with Crippen molar-refractivity contribution in [2.45, 2.75) is 6.42 Å². The van der Waals surface area contributed by atoms with Crippen LogP contribution in [0.5, 0.6) is 0 Å². The average molecular weight is 353 g/mol. The van der Waals surface area contributed by atoms with Crippen LogP contribution in [-0.2, 0) is 4.79 Å². The maximum Gasteiger partial charge on any atom is 0.228 e. The van der Waals surface area contributed by atoms with E-state index in [9.17, 15) is 4.79 Å². The summed E-state index contributed by atoms with van der Waals surface area (Å²) in [6.07, 6.45) is 2.09. The van der Waals surface area contributed by atoms with Crippen LogP contribution in [0.25, 0.3) is 0 Å². The molecule has 1 aromatic rings. The van der Waals surface area contributed by atoms with Crippen LogP contribution in [0, 0.1) is 9.49 Å². The van der Waals surface area contributed by atoms with Gasteiger partial charge < -0.3 is 5.73 Å². The van der Waals surface area contributed by atoms with Crippen LogP contribution in [0.2, 0.25) is 5.28 Å². The van der Waals surface area contributed by atoms with E-state index in [4.69, 9.17) is 17.3 Å². The van der Waals surface area contributed by atoms with E-state index in [-0.39, 0.29) is 17.1 Å². The second kappa shape index (κ2) is 4.80. The van der Waals surface area contributed by atoms with Gasteiger partial charge in [0.05, 0.1) is 3.57 Å². The molecule has 0 spiro atoms. The highest BCUT2D eigenvalue weighted by molar-refractivity contribution is 14.1. The first kappa shape index (κ1) is 12.0. The Morgan fingerprint density at radius 1 is 1.69 bits per heavy atom. The standard InChI is InChI=1S/C9H10ClIN4O/c10-9-13-3-6(11)8(14-9)15-4-5(2-12)1-7(15)16/h3,5H,1-2,4,12H2. The highest BCUT2D eigenvalue weighted by Gasteiger charge is 2.31. The van der Waals surface area contributed by atoms with Crippen molar-refractivity contribution in [1.29, 1.82) is 0 Å². The maximum absolute atomic E-state index is 11.8. The highest BCUT2D eigenvalue weighted by Crippen LogP contribution is 2.27. The van der Waals surface area contributed by atoms with Crippen LogP contribution in [0.15, 0.2) is 6.20 Å².